The second-order valence-electron chi connectivity index (χ2n) is 8.07. The van der Waals surface area contributed by atoms with E-state index in [0.717, 1.165) is 35.5 Å². The molecular weight excluding hydrogens is 386 g/mol. The van der Waals surface area contributed by atoms with E-state index in [2.05, 4.69) is 36.5 Å². The highest BCUT2D eigenvalue weighted by atomic mass is 16.2. The summed E-state index contributed by atoms with van der Waals surface area (Å²) in [7, 11) is 0. The van der Waals surface area contributed by atoms with Crippen molar-refractivity contribution in [3.63, 3.8) is 0 Å². The summed E-state index contributed by atoms with van der Waals surface area (Å²) in [4.78, 5) is 29.3. The number of hydrogen-bond donors (Lipinski definition) is 1. The van der Waals surface area contributed by atoms with Crippen molar-refractivity contribution in [1.82, 2.24) is 4.90 Å². The fourth-order valence-electron chi connectivity index (χ4n) is 3.80. The van der Waals surface area contributed by atoms with Gasteiger partial charge in [-0.2, -0.15) is 0 Å². The van der Waals surface area contributed by atoms with Gasteiger partial charge in [-0.3, -0.25) is 9.69 Å². The summed E-state index contributed by atoms with van der Waals surface area (Å²) >= 11 is 0. The molecule has 3 aromatic carbocycles. The van der Waals surface area contributed by atoms with Crippen LogP contribution in [0.5, 0.6) is 0 Å². The first-order chi connectivity index (χ1) is 15.0. The number of carbonyl (C=O) groups is 2. The molecule has 0 saturated carbocycles. The van der Waals surface area contributed by atoms with Crippen molar-refractivity contribution in [2.75, 3.05) is 23.3 Å². The third-order valence-corrected chi connectivity index (χ3v) is 5.52. The third-order valence-electron chi connectivity index (χ3n) is 5.52. The lowest BCUT2D eigenvalue weighted by atomic mass is 10.1. The summed E-state index contributed by atoms with van der Waals surface area (Å²) in [5.74, 6) is -0.164. The van der Waals surface area contributed by atoms with Crippen LogP contribution in [0.3, 0.4) is 0 Å². The van der Waals surface area contributed by atoms with Gasteiger partial charge in [-0.1, -0.05) is 42.0 Å². The van der Waals surface area contributed by atoms with E-state index in [1.54, 1.807) is 17.0 Å². The maximum Gasteiger partial charge on any atom is 0.324 e. The number of benzene rings is 3. The van der Waals surface area contributed by atoms with Crippen molar-refractivity contribution in [3.8, 4) is 0 Å². The van der Waals surface area contributed by atoms with Gasteiger partial charge in [0.05, 0.1) is 0 Å². The summed E-state index contributed by atoms with van der Waals surface area (Å²) in [5, 5.41) is 2.92. The smallest absolute Gasteiger partial charge is 0.322 e. The Kier molecular flexibility index (Phi) is 6.03. The molecule has 1 aliphatic rings. The predicted molar refractivity (Wildman–Crippen MR) is 125 cm³/mol. The Labute approximate surface area is 183 Å². The molecule has 0 radical (unpaired) electrons. The van der Waals surface area contributed by atoms with E-state index < -0.39 is 0 Å². The van der Waals surface area contributed by atoms with E-state index in [1.807, 2.05) is 48.2 Å². The number of aryl methyl sites for hydroxylation is 2. The molecular formula is C26H27N3O2. The van der Waals surface area contributed by atoms with E-state index in [1.165, 1.54) is 5.56 Å². The largest absolute Gasteiger partial charge is 0.324 e. The van der Waals surface area contributed by atoms with Crippen LogP contribution in [0.15, 0.2) is 72.8 Å². The first kappa shape index (κ1) is 20.7. The number of amides is 3. The van der Waals surface area contributed by atoms with Gasteiger partial charge in [0.1, 0.15) is 0 Å². The number of rotatable bonds is 5. The molecule has 1 fully saturated rings. The Morgan fingerprint density at radius 1 is 0.903 bits per heavy atom. The Morgan fingerprint density at radius 3 is 2.35 bits per heavy atom. The second-order valence-corrected chi connectivity index (χ2v) is 8.07. The van der Waals surface area contributed by atoms with Crippen molar-refractivity contribution >= 4 is 23.3 Å². The van der Waals surface area contributed by atoms with Gasteiger partial charge in [0.25, 0.3) is 5.91 Å². The molecule has 3 amide bonds. The standard InChI is InChI=1S/C26H27N3O2/c1-19-7-9-21(10-8-19)18-28-15-4-16-29(26(28)31)24-13-11-22(12-14-24)25(30)27-23-6-3-5-20(2)17-23/h3,5-14,17H,4,15-16,18H2,1-2H3,(H,27,30). The molecule has 0 bridgehead atoms. The predicted octanol–water partition coefficient (Wildman–Crippen LogP) is 5.39. The molecule has 4 rings (SSSR count). The van der Waals surface area contributed by atoms with Gasteiger partial charge in [0, 0.05) is 36.6 Å². The molecule has 1 saturated heterocycles. The zero-order valence-corrected chi connectivity index (χ0v) is 18.0. The van der Waals surface area contributed by atoms with Gasteiger partial charge in [-0.15, -0.1) is 0 Å². The number of hydrogen-bond acceptors (Lipinski definition) is 2. The number of carbonyl (C=O) groups excluding carboxylic acids is 2. The Balaban J connectivity index is 1.43. The lowest BCUT2D eigenvalue weighted by Crippen LogP contribution is -2.49. The quantitative estimate of drug-likeness (QED) is 0.610. The number of anilines is 2. The van der Waals surface area contributed by atoms with Gasteiger partial charge >= 0.3 is 6.03 Å². The molecule has 1 N–H and O–H groups in total. The van der Waals surface area contributed by atoms with Crippen LogP contribution in [0.2, 0.25) is 0 Å². The van der Waals surface area contributed by atoms with Crippen LogP contribution < -0.4 is 10.2 Å². The van der Waals surface area contributed by atoms with Crippen molar-refractivity contribution in [2.24, 2.45) is 0 Å². The summed E-state index contributed by atoms with van der Waals surface area (Å²) in [6, 6.07) is 23.2. The molecule has 31 heavy (non-hydrogen) atoms. The molecule has 0 atom stereocenters. The Morgan fingerprint density at radius 2 is 1.65 bits per heavy atom. The summed E-state index contributed by atoms with van der Waals surface area (Å²) < 4.78 is 0. The Bertz CT molecular complexity index is 1070. The lowest BCUT2D eigenvalue weighted by Gasteiger charge is -2.35. The monoisotopic (exact) mass is 413 g/mol. The first-order valence-electron chi connectivity index (χ1n) is 10.6. The molecule has 5 nitrogen and oxygen atoms in total. The first-order valence-corrected chi connectivity index (χ1v) is 10.6. The Hall–Kier alpha value is -3.60. The molecule has 3 aromatic rings. The molecule has 0 aromatic heterocycles. The molecule has 1 aliphatic heterocycles. The molecule has 158 valence electrons. The fourth-order valence-corrected chi connectivity index (χ4v) is 3.80. The highest BCUT2D eigenvalue weighted by Crippen LogP contribution is 2.23. The van der Waals surface area contributed by atoms with E-state index in [9.17, 15) is 9.59 Å². The number of nitrogens with one attached hydrogen (secondary N) is 1. The van der Waals surface area contributed by atoms with Crippen LogP contribution in [0.25, 0.3) is 0 Å². The van der Waals surface area contributed by atoms with Crippen LogP contribution in [-0.2, 0) is 6.54 Å². The zero-order chi connectivity index (χ0) is 21.8. The number of urea groups is 1. The highest BCUT2D eigenvalue weighted by Gasteiger charge is 2.26. The minimum atomic E-state index is -0.164. The highest BCUT2D eigenvalue weighted by molar-refractivity contribution is 6.04. The average molecular weight is 414 g/mol. The molecule has 5 heteroatoms. The number of nitrogens with zero attached hydrogens (tertiary/aromatic N) is 2. The third kappa shape index (κ3) is 4.94. The summed E-state index contributed by atoms with van der Waals surface area (Å²) in [6.45, 7) is 6.08. The average Bonchev–Trinajstić information content (AvgIpc) is 2.77. The lowest BCUT2D eigenvalue weighted by molar-refractivity contribution is 0.102. The molecule has 0 aliphatic carbocycles. The topological polar surface area (TPSA) is 52.6 Å². The molecule has 0 unspecified atom stereocenters. The maximum atomic E-state index is 13.1. The van der Waals surface area contributed by atoms with E-state index in [4.69, 9.17) is 0 Å². The van der Waals surface area contributed by atoms with Crippen LogP contribution >= 0.6 is 0 Å². The van der Waals surface area contributed by atoms with Crippen LogP contribution in [-0.4, -0.2) is 29.9 Å². The van der Waals surface area contributed by atoms with Gasteiger partial charge in [-0.25, -0.2) is 4.79 Å². The van der Waals surface area contributed by atoms with Crippen LogP contribution in [0.1, 0.15) is 33.5 Å². The van der Waals surface area contributed by atoms with Crippen LogP contribution in [0.4, 0.5) is 16.2 Å². The molecule has 1 heterocycles. The second kappa shape index (κ2) is 9.04. The van der Waals surface area contributed by atoms with E-state index in [-0.39, 0.29) is 11.9 Å². The van der Waals surface area contributed by atoms with Gasteiger partial charge in [-0.05, 0) is 67.8 Å². The minimum Gasteiger partial charge on any atom is -0.322 e. The normalized spacial score (nSPS) is 13.9. The fraction of sp³-hybridized carbons (Fsp3) is 0.231. The zero-order valence-electron chi connectivity index (χ0n) is 18.0. The van der Waals surface area contributed by atoms with Gasteiger partial charge in [0.2, 0.25) is 0 Å². The van der Waals surface area contributed by atoms with Crippen molar-refractivity contribution in [3.05, 3.63) is 95.1 Å². The van der Waals surface area contributed by atoms with Crippen LogP contribution in [0, 0.1) is 13.8 Å². The summed E-state index contributed by atoms with van der Waals surface area (Å²) in [6.07, 6.45) is 0.910. The van der Waals surface area contributed by atoms with Crippen molar-refractivity contribution in [1.29, 1.82) is 0 Å². The van der Waals surface area contributed by atoms with E-state index in [0.29, 0.717) is 18.7 Å². The SMILES string of the molecule is Cc1ccc(CN2CCCN(c3ccc(C(=O)Nc4cccc(C)c4)cc3)C2=O)cc1. The van der Waals surface area contributed by atoms with E-state index >= 15 is 0 Å². The van der Waals surface area contributed by atoms with Crippen molar-refractivity contribution < 1.29 is 9.59 Å². The maximum absolute atomic E-state index is 13.1. The van der Waals surface area contributed by atoms with Gasteiger partial charge < -0.3 is 10.2 Å². The summed E-state index contributed by atoms with van der Waals surface area (Å²) in [5.41, 5.74) is 5.57. The van der Waals surface area contributed by atoms with Gasteiger partial charge in [0.15, 0.2) is 0 Å². The molecule has 0 spiro atoms. The minimum absolute atomic E-state index is 0.00351. The van der Waals surface area contributed by atoms with Crippen molar-refractivity contribution in [2.45, 2.75) is 26.8 Å².